The van der Waals surface area contributed by atoms with E-state index in [4.69, 9.17) is 4.74 Å². The first-order chi connectivity index (χ1) is 8.06. The zero-order chi connectivity index (χ0) is 12.8. The Morgan fingerprint density at radius 1 is 1.59 bits per heavy atom. The maximum atomic E-state index is 5.11. The second-order valence-electron chi connectivity index (χ2n) is 4.35. The zero-order valence-corrected chi connectivity index (χ0v) is 12.7. The number of hydrogen-bond donors (Lipinski definition) is 0. The highest BCUT2D eigenvalue weighted by molar-refractivity contribution is 9.09. The molecule has 0 aliphatic rings. The molecule has 0 spiro atoms. The Morgan fingerprint density at radius 3 is 2.82 bits per heavy atom. The molecule has 0 fully saturated rings. The Kier molecular flexibility index (Phi) is 6.16. The van der Waals surface area contributed by atoms with Crippen LogP contribution in [0.5, 0.6) is 0 Å². The summed E-state index contributed by atoms with van der Waals surface area (Å²) in [6.45, 7) is 4.73. The van der Waals surface area contributed by atoms with E-state index in [1.807, 2.05) is 11.7 Å². The van der Waals surface area contributed by atoms with Crippen LogP contribution in [0.25, 0.3) is 0 Å². The first-order valence-electron chi connectivity index (χ1n) is 5.90. The highest BCUT2D eigenvalue weighted by Gasteiger charge is 2.11. The molecule has 0 aromatic carbocycles. The fourth-order valence-electron chi connectivity index (χ4n) is 1.81. The topological polar surface area (TPSA) is 30.3 Å². The molecule has 0 bridgehead atoms. The van der Waals surface area contributed by atoms with Gasteiger partial charge in [-0.2, -0.15) is 5.10 Å². The number of halogens is 1. The third-order valence-electron chi connectivity index (χ3n) is 2.68. The van der Waals surface area contributed by atoms with Gasteiger partial charge in [0, 0.05) is 27.2 Å². The molecule has 17 heavy (non-hydrogen) atoms. The number of nitrogens with zero attached hydrogens (tertiary/aromatic N) is 3. The molecule has 1 heterocycles. The standard InChI is InChI=1S/C12H22BrN3O/c1-5-11-6-12(16(3)14-11)8-15(2)7-10(13)9-17-4/h6,10H,5,7-9H2,1-4H3. The fraction of sp³-hybridized carbons (Fsp3) is 0.750. The summed E-state index contributed by atoms with van der Waals surface area (Å²) in [5.74, 6) is 0. The summed E-state index contributed by atoms with van der Waals surface area (Å²) in [5.41, 5.74) is 2.41. The minimum absolute atomic E-state index is 0.372. The van der Waals surface area contributed by atoms with Crippen LogP contribution in [0, 0.1) is 0 Å². The van der Waals surface area contributed by atoms with E-state index in [0.29, 0.717) is 4.83 Å². The number of aromatic nitrogens is 2. The number of methoxy groups -OCH3 is 1. The Balaban J connectivity index is 2.49. The number of rotatable bonds is 7. The number of hydrogen-bond acceptors (Lipinski definition) is 3. The summed E-state index contributed by atoms with van der Waals surface area (Å²) in [4.78, 5) is 2.64. The smallest absolute Gasteiger partial charge is 0.0625 e. The van der Waals surface area contributed by atoms with E-state index in [1.54, 1.807) is 7.11 Å². The van der Waals surface area contributed by atoms with Crippen molar-refractivity contribution >= 4 is 15.9 Å². The molecule has 4 nitrogen and oxygen atoms in total. The van der Waals surface area contributed by atoms with Gasteiger partial charge in [-0.15, -0.1) is 0 Å². The molecular weight excluding hydrogens is 282 g/mol. The van der Waals surface area contributed by atoms with E-state index in [9.17, 15) is 0 Å². The number of aryl methyl sites for hydroxylation is 2. The predicted molar refractivity (Wildman–Crippen MR) is 73.5 cm³/mol. The molecule has 0 saturated heterocycles. The van der Waals surface area contributed by atoms with E-state index in [-0.39, 0.29) is 0 Å². The normalized spacial score (nSPS) is 13.3. The monoisotopic (exact) mass is 303 g/mol. The van der Waals surface area contributed by atoms with Crippen LogP contribution in [0.4, 0.5) is 0 Å². The van der Waals surface area contributed by atoms with E-state index in [2.05, 4.69) is 46.0 Å². The third kappa shape index (κ3) is 4.77. The van der Waals surface area contributed by atoms with Gasteiger partial charge < -0.3 is 4.74 Å². The maximum absolute atomic E-state index is 5.11. The third-order valence-corrected chi connectivity index (χ3v) is 3.23. The predicted octanol–water partition coefficient (Wildman–Crippen LogP) is 1.82. The van der Waals surface area contributed by atoms with Crippen LogP contribution in [0.3, 0.4) is 0 Å². The van der Waals surface area contributed by atoms with E-state index in [0.717, 1.165) is 31.8 Å². The van der Waals surface area contributed by atoms with Gasteiger partial charge in [0.25, 0.3) is 0 Å². The van der Waals surface area contributed by atoms with Crippen molar-refractivity contribution in [1.82, 2.24) is 14.7 Å². The van der Waals surface area contributed by atoms with Crippen LogP contribution < -0.4 is 0 Å². The second-order valence-corrected chi connectivity index (χ2v) is 5.65. The summed E-state index contributed by atoms with van der Waals surface area (Å²) in [6.07, 6.45) is 0.988. The van der Waals surface area contributed by atoms with Crippen LogP contribution in [-0.2, 0) is 24.8 Å². The van der Waals surface area contributed by atoms with Crippen molar-refractivity contribution in [3.63, 3.8) is 0 Å². The Labute approximate surface area is 112 Å². The summed E-state index contributed by atoms with van der Waals surface area (Å²) in [6, 6.07) is 2.18. The molecule has 1 rings (SSSR count). The lowest BCUT2D eigenvalue weighted by atomic mass is 10.3. The van der Waals surface area contributed by atoms with Crippen LogP contribution in [0.2, 0.25) is 0 Å². The van der Waals surface area contributed by atoms with Crippen molar-refractivity contribution in [3.05, 3.63) is 17.5 Å². The first-order valence-corrected chi connectivity index (χ1v) is 6.81. The highest BCUT2D eigenvalue weighted by Crippen LogP contribution is 2.09. The average molecular weight is 304 g/mol. The first kappa shape index (κ1) is 14.7. The molecule has 1 aromatic rings. The van der Waals surface area contributed by atoms with E-state index in [1.165, 1.54) is 5.69 Å². The minimum Gasteiger partial charge on any atom is -0.383 e. The second kappa shape index (κ2) is 7.13. The molecule has 5 heteroatoms. The summed E-state index contributed by atoms with van der Waals surface area (Å²) in [5, 5.41) is 4.45. The molecule has 1 aromatic heterocycles. The lowest BCUT2D eigenvalue weighted by molar-refractivity contribution is 0.184. The Morgan fingerprint density at radius 2 is 2.29 bits per heavy atom. The number of alkyl halides is 1. The highest BCUT2D eigenvalue weighted by atomic mass is 79.9. The molecule has 0 saturated carbocycles. The fourth-order valence-corrected chi connectivity index (χ4v) is 2.56. The maximum Gasteiger partial charge on any atom is 0.0625 e. The Bertz CT molecular complexity index is 340. The van der Waals surface area contributed by atoms with Gasteiger partial charge in [-0.1, -0.05) is 22.9 Å². The molecule has 0 N–H and O–H groups in total. The molecule has 98 valence electrons. The van der Waals surface area contributed by atoms with Gasteiger partial charge in [0.05, 0.1) is 22.8 Å². The van der Waals surface area contributed by atoms with Gasteiger partial charge in [0.2, 0.25) is 0 Å². The van der Waals surface area contributed by atoms with Gasteiger partial charge in [-0.3, -0.25) is 9.58 Å². The van der Waals surface area contributed by atoms with Crippen LogP contribution in [0.1, 0.15) is 18.3 Å². The molecule has 0 aliphatic heterocycles. The van der Waals surface area contributed by atoms with Crippen molar-refractivity contribution < 1.29 is 4.74 Å². The van der Waals surface area contributed by atoms with Crippen molar-refractivity contribution in [3.8, 4) is 0 Å². The van der Waals surface area contributed by atoms with Gasteiger partial charge in [-0.25, -0.2) is 0 Å². The van der Waals surface area contributed by atoms with Crippen molar-refractivity contribution in [2.75, 3.05) is 27.3 Å². The summed E-state index contributed by atoms with van der Waals surface area (Å²) in [7, 11) is 5.84. The van der Waals surface area contributed by atoms with Crippen molar-refractivity contribution in [1.29, 1.82) is 0 Å². The number of ether oxygens (including phenoxy) is 1. The van der Waals surface area contributed by atoms with Gasteiger partial charge in [0.1, 0.15) is 0 Å². The van der Waals surface area contributed by atoms with Crippen LogP contribution in [0.15, 0.2) is 6.07 Å². The molecule has 0 aliphatic carbocycles. The van der Waals surface area contributed by atoms with Crippen LogP contribution >= 0.6 is 15.9 Å². The van der Waals surface area contributed by atoms with Gasteiger partial charge in [-0.05, 0) is 19.5 Å². The van der Waals surface area contributed by atoms with E-state index >= 15 is 0 Å². The lowest BCUT2D eigenvalue weighted by Gasteiger charge is -2.19. The van der Waals surface area contributed by atoms with Crippen molar-refractivity contribution in [2.45, 2.75) is 24.7 Å². The Hall–Kier alpha value is -0.390. The zero-order valence-electron chi connectivity index (χ0n) is 11.1. The van der Waals surface area contributed by atoms with Gasteiger partial charge >= 0.3 is 0 Å². The van der Waals surface area contributed by atoms with E-state index < -0.39 is 0 Å². The largest absolute Gasteiger partial charge is 0.383 e. The molecule has 0 radical (unpaired) electrons. The molecule has 0 amide bonds. The lowest BCUT2D eigenvalue weighted by Crippen LogP contribution is -2.28. The summed E-state index contributed by atoms with van der Waals surface area (Å²) < 4.78 is 7.08. The van der Waals surface area contributed by atoms with Gasteiger partial charge in [0.15, 0.2) is 0 Å². The SMILES string of the molecule is CCc1cc(CN(C)CC(Br)COC)n(C)n1. The molecular formula is C12H22BrN3O. The minimum atomic E-state index is 0.372. The molecule has 1 atom stereocenters. The van der Waals surface area contributed by atoms with Crippen molar-refractivity contribution in [2.24, 2.45) is 7.05 Å². The average Bonchev–Trinajstić information content (AvgIpc) is 2.59. The summed E-state index contributed by atoms with van der Waals surface area (Å²) >= 11 is 3.60. The quantitative estimate of drug-likeness (QED) is 0.720. The van der Waals surface area contributed by atoms with Crippen LogP contribution in [-0.4, -0.2) is 46.8 Å². The molecule has 1 unspecified atom stereocenters.